The minimum atomic E-state index is -0.877. The van der Waals surface area contributed by atoms with Crippen molar-refractivity contribution < 1.29 is 14.4 Å². The Morgan fingerprint density at radius 2 is 2.03 bits per heavy atom. The van der Waals surface area contributed by atoms with Crippen LogP contribution in [0.25, 0.3) is 0 Å². The fraction of sp³-hybridized carbons (Fsp3) is 0.545. The van der Waals surface area contributed by atoms with E-state index in [1.54, 1.807) is 24.3 Å². The Bertz CT molecular complexity index is 863. The average molecular weight is 396 g/mol. The van der Waals surface area contributed by atoms with Crippen LogP contribution >= 0.6 is 0 Å². The van der Waals surface area contributed by atoms with Crippen molar-refractivity contribution >= 4 is 23.5 Å². The first-order chi connectivity index (χ1) is 13.7. The minimum absolute atomic E-state index is 0.213. The van der Waals surface area contributed by atoms with E-state index in [2.05, 4.69) is 31.4 Å². The lowest BCUT2D eigenvalue weighted by atomic mass is 9.65. The maximum absolute atomic E-state index is 13.0. The van der Waals surface area contributed by atoms with Crippen LogP contribution in [0.2, 0.25) is 0 Å². The normalized spacial score (nSPS) is 24.3. The molecule has 1 aliphatic carbocycles. The van der Waals surface area contributed by atoms with Crippen molar-refractivity contribution in [3.8, 4) is 6.07 Å². The monoisotopic (exact) mass is 396 g/mol. The maximum atomic E-state index is 13.0. The number of benzene rings is 1. The van der Waals surface area contributed by atoms with Crippen LogP contribution in [-0.4, -0.2) is 34.8 Å². The summed E-state index contributed by atoms with van der Waals surface area (Å²) >= 11 is 0. The van der Waals surface area contributed by atoms with Gasteiger partial charge in [0.25, 0.3) is 5.91 Å². The highest BCUT2D eigenvalue weighted by atomic mass is 16.2. The third-order valence-corrected chi connectivity index (χ3v) is 6.68. The van der Waals surface area contributed by atoms with Gasteiger partial charge in [0, 0.05) is 5.69 Å². The zero-order valence-electron chi connectivity index (χ0n) is 17.2. The van der Waals surface area contributed by atoms with Crippen LogP contribution in [0.3, 0.4) is 0 Å². The predicted molar refractivity (Wildman–Crippen MR) is 109 cm³/mol. The molecule has 1 heterocycles. The highest BCUT2D eigenvalue weighted by Gasteiger charge is 2.53. The van der Waals surface area contributed by atoms with Gasteiger partial charge in [-0.3, -0.25) is 14.5 Å². The Morgan fingerprint density at radius 1 is 1.34 bits per heavy atom. The van der Waals surface area contributed by atoms with E-state index < -0.39 is 17.5 Å². The topological polar surface area (TPSA) is 102 Å². The van der Waals surface area contributed by atoms with Crippen LogP contribution in [0.5, 0.6) is 0 Å². The average Bonchev–Trinajstić information content (AvgIpc) is 2.92. The van der Waals surface area contributed by atoms with Crippen LogP contribution in [0.1, 0.15) is 58.4 Å². The molecule has 1 saturated carbocycles. The van der Waals surface area contributed by atoms with E-state index in [0.29, 0.717) is 30.0 Å². The molecule has 1 spiro atoms. The fourth-order valence-electron chi connectivity index (χ4n) is 4.35. The summed E-state index contributed by atoms with van der Waals surface area (Å²) in [7, 11) is 0. The molecule has 1 saturated heterocycles. The first-order valence-electron chi connectivity index (χ1n) is 10.1. The van der Waals surface area contributed by atoms with Crippen molar-refractivity contribution in [2.45, 2.75) is 58.4 Å². The van der Waals surface area contributed by atoms with Gasteiger partial charge in [-0.15, -0.1) is 0 Å². The number of hydrogen-bond acceptors (Lipinski definition) is 4. The molecule has 3 rings (SSSR count). The molecule has 7 nitrogen and oxygen atoms in total. The van der Waals surface area contributed by atoms with Gasteiger partial charge in [0.05, 0.1) is 11.6 Å². The summed E-state index contributed by atoms with van der Waals surface area (Å²) in [6.07, 6.45) is 4.05. The Labute approximate surface area is 171 Å². The standard InChI is InChI=1S/C22H28N4O3/c1-4-21(2,3)16-8-10-22(11-9-16)19(28)26(20(29)25-22)14-18(27)24-17-7-5-6-15(12-17)13-23/h5-7,12,16H,4,8-11,14H2,1-3H3,(H,24,27)(H,25,29). The number of carbonyl (C=O) groups excluding carboxylic acids is 3. The van der Waals surface area contributed by atoms with Crippen LogP contribution in [0, 0.1) is 22.7 Å². The number of nitriles is 1. The molecular weight excluding hydrogens is 368 g/mol. The molecular formula is C22H28N4O3. The minimum Gasteiger partial charge on any atom is -0.324 e. The zero-order valence-corrected chi connectivity index (χ0v) is 17.2. The number of amides is 4. The predicted octanol–water partition coefficient (Wildman–Crippen LogP) is 3.41. The number of anilines is 1. The van der Waals surface area contributed by atoms with Gasteiger partial charge >= 0.3 is 6.03 Å². The van der Waals surface area contributed by atoms with Gasteiger partial charge in [-0.1, -0.05) is 33.3 Å². The second-order valence-electron chi connectivity index (χ2n) is 8.76. The molecule has 7 heteroatoms. The smallest absolute Gasteiger partial charge is 0.324 e. The Hall–Kier alpha value is -2.88. The van der Waals surface area contributed by atoms with Crippen LogP contribution < -0.4 is 10.6 Å². The maximum Gasteiger partial charge on any atom is 0.325 e. The van der Waals surface area contributed by atoms with Gasteiger partial charge in [0.15, 0.2) is 0 Å². The number of carbonyl (C=O) groups is 3. The molecule has 0 radical (unpaired) electrons. The van der Waals surface area contributed by atoms with E-state index in [-0.39, 0.29) is 17.9 Å². The number of hydrogen-bond donors (Lipinski definition) is 2. The molecule has 2 fully saturated rings. The molecule has 29 heavy (non-hydrogen) atoms. The van der Waals surface area contributed by atoms with E-state index in [9.17, 15) is 14.4 Å². The second-order valence-corrected chi connectivity index (χ2v) is 8.76. The molecule has 0 unspecified atom stereocenters. The summed E-state index contributed by atoms with van der Waals surface area (Å²) in [5, 5.41) is 14.5. The molecule has 1 aromatic rings. The van der Waals surface area contributed by atoms with E-state index >= 15 is 0 Å². The third kappa shape index (κ3) is 4.12. The van der Waals surface area contributed by atoms with Gasteiger partial charge in [0.1, 0.15) is 12.1 Å². The Kier molecular flexibility index (Phi) is 5.65. The summed E-state index contributed by atoms with van der Waals surface area (Å²) < 4.78 is 0. The summed E-state index contributed by atoms with van der Waals surface area (Å²) in [4.78, 5) is 38.9. The van der Waals surface area contributed by atoms with Crippen molar-refractivity contribution in [1.29, 1.82) is 5.26 Å². The van der Waals surface area contributed by atoms with E-state index in [0.717, 1.165) is 24.2 Å². The number of urea groups is 1. The molecule has 154 valence electrons. The SMILES string of the molecule is CCC(C)(C)C1CCC2(CC1)NC(=O)N(CC(=O)Nc1cccc(C#N)c1)C2=O. The van der Waals surface area contributed by atoms with Crippen molar-refractivity contribution in [3.63, 3.8) is 0 Å². The van der Waals surface area contributed by atoms with Crippen LogP contribution in [-0.2, 0) is 9.59 Å². The number of nitrogens with one attached hydrogen (secondary N) is 2. The van der Waals surface area contributed by atoms with Gasteiger partial charge in [-0.2, -0.15) is 5.26 Å². The first kappa shape index (κ1) is 20.8. The van der Waals surface area contributed by atoms with E-state index in [1.165, 1.54) is 0 Å². The third-order valence-electron chi connectivity index (χ3n) is 6.68. The Balaban J connectivity index is 1.64. The number of imide groups is 1. The molecule has 4 amide bonds. The molecule has 1 aromatic carbocycles. The summed E-state index contributed by atoms with van der Waals surface area (Å²) in [6.45, 7) is 6.35. The number of rotatable bonds is 5. The Morgan fingerprint density at radius 3 is 2.66 bits per heavy atom. The van der Waals surface area contributed by atoms with Crippen LogP contribution in [0.15, 0.2) is 24.3 Å². The lowest BCUT2D eigenvalue weighted by molar-refractivity contribution is -0.135. The van der Waals surface area contributed by atoms with E-state index in [4.69, 9.17) is 5.26 Å². The zero-order chi connectivity index (χ0) is 21.2. The lowest BCUT2D eigenvalue weighted by Gasteiger charge is -2.42. The fourth-order valence-corrected chi connectivity index (χ4v) is 4.35. The van der Waals surface area contributed by atoms with Crippen molar-refractivity contribution in [1.82, 2.24) is 10.2 Å². The van der Waals surface area contributed by atoms with Gasteiger partial charge < -0.3 is 10.6 Å². The highest BCUT2D eigenvalue weighted by Crippen LogP contribution is 2.45. The number of nitrogens with zero attached hydrogens (tertiary/aromatic N) is 2. The first-order valence-corrected chi connectivity index (χ1v) is 10.1. The van der Waals surface area contributed by atoms with Crippen molar-refractivity contribution in [2.75, 3.05) is 11.9 Å². The molecule has 1 aliphatic heterocycles. The van der Waals surface area contributed by atoms with Crippen LogP contribution in [0.4, 0.5) is 10.5 Å². The molecule has 0 bridgehead atoms. The highest BCUT2D eigenvalue weighted by molar-refractivity contribution is 6.10. The largest absolute Gasteiger partial charge is 0.325 e. The molecule has 0 aromatic heterocycles. The summed E-state index contributed by atoms with van der Waals surface area (Å²) in [6, 6.07) is 7.99. The second kappa shape index (κ2) is 7.86. The molecule has 2 aliphatic rings. The summed E-state index contributed by atoms with van der Waals surface area (Å²) in [5.74, 6) is -0.259. The van der Waals surface area contributed by atoms with Gasteiger partial charge in [0.2, 0.25) is 5.91 Å². The van der Waals surface area contributed by atoms with E-state index in [1.807, 2.05) is 6.07 Å². The lowest BCUT2D eigenvalue weighted by Crippen LogP contribution is -2.51. The van der Waals surface area contributed by atoms with Crippen molar-refractivity contribution in [2.24, 2.45) is 11.3 Å². The summed E-state index contributed by atoms with van der Waals surface area (Å²) in [5.41, 5.74) is 0.213. The van der Waals surface area contributed by atoms with Gasteiger partial charge in [-0.05, 0) is 55.2 Å². The molecule has 0 atom stereocenters. The van der Waals surface area contributed by atoms with Gasteiger partial charge in [-0.25, -0.2) is 4.79 Å². The quantitative estimate of drug-likeness (QED) is 0.745. The molecule has 2 N–H and O–H groups in total. The van der Waals surface area contributed by atoms with Crippen molar-refractivity contribution in [3.05, 3.63) is 29.8 Å².